The van der Waals surface area contributed by atoms with E-state index in [1.165, 1.54) is 6.07 Å². The van der Waals surface area contributed by atoms with Gasteiger partial charge in [0.05, 0.1) is 6.20 Å². The van der Waals surface area contributed by atoms with Gasteiger partial charge in [0.2, 0.25) is 15.9 Å². The molecule has 1 saturated heterocycles. The Bertz CT molecular complexity index is 626. The monoisotopic (exact) mass is 389 g/mol. The Balaban J connectivity index is 0.00000288. The summed E-state index contributed by atoms with van der Waals surface area (Å²) in [5.74, 6) is -0.281. The maximum absolute atomic E-state index is 12.2. The van der Waals surface area contributed by atoms with Gasteiger partial charge in [0.25, 0.3) is 0 Å². The van der Waals surface area contributed by atoms with Gasteiger partial charge in [-0.1, -0.05) is 0 Å². The number of hydrogen-bond donors (Lipinski definition) is 2. The van der Waals surface area contributed by atoms with E-state index in [2.05, 4.69) is 19.8 Å². The number of halogens is 4. The van der Waals surface area contributed by atoms with Crippen molar-refractivity contribution in [1.82, 2.24) is 15.0 Å². The molecule has 11 heteroatoms. The van der Waals surface area contributed by atoms with E-state index < -0.39 is 22.8 Å². The molecule has 0 amide bonds. The topological polar surface area (TPSA) is 80.3 Å². The summed E-state index contributed by atoms with van der Waals surface area (Å²) in [6, 6.07) is 2.31. The van der Waals surface area contributed by atoms with Crippen molar-refractivity contribution in [2.45, 2.75) is 42.9 Å². The molecular formula is C13H19ClF3N3O3S. The lowest BCUT2D eigenvalue weighted by Gasteiger charge is -2.28. The van der Waals surface area contributed by atoms with E-state index in [9.17, 15) is 21.6 Å². The van der Waals surface area contributed by atoms with Gasteiger partial charge >= 0.3 is 6.18 Å². The number of alkyl halides is 3. The van der Waals surface area contributed by atoms with Crippen molar-refractivity contribution in [3.63, 3.8) is 0 Å². The summed E-state index contributed by atoms with van der Waals surface area (Å²) in [5, 5.41) is 3.22. The summed E-state index contributed by atoms with van der Waals surface area (Å²) in [5.41, 5.74) is 0. The van der Waals surface area contributed by atoms with E-state index in [0.29, 0.717) is 12.8 Å². The fraction of sp³-hybridized carbons (Fsp3) is 0.615. The molecule has 2 rings (SSSR count). The molecule has 2 unspecified atom stereocenters. The number of hydrogen-bond acceptors (Lipinski definition) is 5. The lowest BCUT2D eigenvalue weighted by molar-refractivity contribution is -0.154. The molecule has 2 heterocycles. The molecule has 1 aromatic rings. The van der Waals surface area contributed by atoms with Gasteiger partial charge in [-0.25, -0.2) is 18.1 Å². The minimum atomic E-state index is -4.47. The van der Waals surface area contributed by atoms with Crippen LogP contribution in [0.4, 0.5) is 13.2 Å². The highest BCUT2D eigenvalue weighted by Crippen LogP contribution is 2.19. The average Bonchev–Trinajstić information content (AvgIpc) is 2.44. The Morgan fingerprint density at radius 2 is 2.12 bits per heavy atom. The predicted octanol–water partition coefficient (Wildman–Crippen LogP) is 1.86. The van der Waals surface area contributed by atoms with Crippen LogP contribution in [-0.4, -0.2) is 44.8 Å². The molecule has 24 heavy (non-hydrogen) atoms. The van der Waals surface area contributed by atoms with E-state index in [4.69, 9.17) is 0 Å². The molecule has 2 atom stereocenters. The lowest BCUT2D eigenvalue weighted by atomic mass is 10.0. The van der Waals surface area contributed by atoms with Crippen LogP contribution in [0.25, 0.3) is 0 Å². The molecule has 2 N–H and O–H groups in total. The van der Waals surface area contributed by atoms with E-state index in [0.717, 1.165) is 18.8 Å². The zero-order valence-electron chi connectivity index (χ0n) is 12.8. The number of nitrogens with zero attached hydrogens (tertiary/aromatic N) is 1. The number of rotatable bonds is 5. The van der Waals surface area contributed by atoms with Crippen molar-refractivity contribution in [3.8, 4) is 5.88 Å². The fourth-order valence-corrected chi connectivity index (χ4v) is 3.52. The smallest absolute Gasteiger partial charge is 0.422 e. The van der Waals surface area contributed by atoms with Crippen molar-refractivity contribution >= 4 is 22.4 Å². The number of pyridine rings is 1. The molecule has 0 radical (unpaired) electrons. The van der Waals surface area contributed by atoms with Crippen LogP contribution >= 0.6 is 12.4 Å². The zero-order chi connectivity index (χ0) is 17.1. The first-order valence-electron chi connectivity index (χ1n) is 7.07. The maximum atomic E-state index is 12.2. The Kier molecular flexibility index (Phi) is 7.26. The Morgan fingerprint density at radius 3 is 2.67 bits per heavy atom. The predicted molar refractivity (Wildman–Crippen MR) is 83.8 cm³/mol. The Hall–Kier alpha value is -1.10. The number of nitrogens with one attached hydrogen (secondary N) is 2. The maximum Gasteiger partial charge on any atom is 0.422 e. The van der Waals surface area contributed by atoms with Gasteiger partial charge in [0.1, 0.15) is 4.90 Å². The molecule has 1 aliphatic heterocycles. The van der Waals surface area contributed by atoms with Gasteiger partial charge in [0.15, 0.2) is 6.61 Å². The van der Waals surface area contributed by atoms with Crippen molar-refractivity contribution in [2.75, 3.05) is 13.2 Å². The normalized spacial score (nSPS) is 21.8. The van der Waals surface area contributed by atoms with Crippen LogP contribution in [0.2, 0.25) is 0 Å². The third-order valence-corrected chi connectivity index (χ3v) is 4.85. The van der Waals surface area contributed by atoms with Gasteiger partial charge in [-0.2, -0.15) is 13.2 Å². The third kappa shape index (κ3) is 6.42. The highest BCUT2D eigenvalue weighted by molar-refractivity contribution is 7.89. The van der Waals surface area contributed by atoms with Gasteiger partial charge < -0.3 is 10.1 Å². The van der Waals surface area contributed by atoms with E-state index in [1.807, 2.05) is 6.92 Å². The Morgan fingerprint density at radius 1 is 1.42 bits per heavy atom. The number of ether oxygens (including phenoxy) is 1. The summed E-state index contributed by atoms with van der Waals surface area (Å²) in [6.45, 7) is 1.21. The van der Waals surface area contributed by atoms with Crippen LogP contribution in [-0.2, 0) is 10.0 Å². The zero-order valence-corrected chi connectivity index (χ0v) is 14.5. The van der Waals surface area contributed by atoms with Crippen molar-refractivity contribution in [3.05, 3.63) is 18.3 Å². The van der Waals surface area contributed by atoms with Crippen LogP contribution in [0.1, 0.15) is 19.8 Å². The summed E-state index contributed by atoms with van der Waals surface area (Å²) >= 11 is 0. The van der Waals surface area contributed by atoms with Crippen molar-refractivity contribution < 1.29 is 26.3 Å². The van der Waals surface area contributed by atoms with Gasteiger partial charge in [-0.05, 0) is 32.4 Å². The standard InChI is InChI=1S/C13H18F3N3O3S.ClH/c1-9-6-10(4-5-17-9)19-23(20,21)11-2-3-12(18-7-11)22-8-13(14,15)16;/h2-3,7,9-10,17,19H,4-6,8H2,1H3;1H. The first-order valence-corrected chi connectivity index (χ1v) is 8.55. The summed E-state index contributed by atoms with van der Waals surface area (Å²) in [4.78, 5) is 3.49. The molecule has 1 fully saturated rings. The fourth-order valence-electron chi connectivity index (χ4n) is 2.29. The first-order chi connectivity index (χ1) is 10.7. The minimum Gasteiger partial charge on any atom is -0.468 e. The molecule has 1 aliphatic rings. The van der Waals surface area contributed by atoms with E-state index in [1.54, 1.807) is 0 Å². The second-order valence-electron chi connectivity index (χ2n) is 5.43. The largest absolute Gasteiger partial charge is 0.468 e. The third-order valence-electron chi connectivity index (χ3n) is 3.35. The SMILES string of the molecule is CC1CC(NS(=O)(=O)c2ccc(OCC(F)(F)F)nc2)CCN1.Cl. The molecule has 138 valence electrons. The van der Waals surface area contributed by atoms with Crippen LogP contribution in [0, 0.1) is 0 Å². The quantitative estimate of drug-likeness (QED) is 0.803. The lowest BCUT2D eigenvalue weighted by Crippen LogP contribution is -2.46. The molecule has 6 nitrogen and oxygen atoms in total. The molecule has 0 aliphatic carbocycles. The summed E-state index contributed by atoms with van der Waals surface area (Å²) in [6.07, 6.45) is -2.15. The number of piperidine rings is 1. The second-order valence-corrected chi connectivity index (χ2v) is 7.15. The van der Waals surface area contributed by atoms with Gasteiger partial charge in [-0.3, -0.25) is 0 Å². The summed E-state index contributed by atoms with van der Waals surface area (Å²) in [7, 11) is -3.76. The highest BCUT2D eigenvalue weighted by Gasteiger charge is 2.29. The average molecular weight is 390 g/mol. The van der Waals surface area contributed by atoms with Crippen LogP contribution in [0.15, 0.2) is 23.2 Å². The van der Waals surface area contributed by atoms with Crippen LogP contribution < -0.4 is 14.8 Å². The Labute approximate surface area is 144 Å². The minimum absolute atomic E-state index is 0. The molecule has 1 aromatic heterocycles. The number of aromatic nitrogens is 1. The molecular weight excluding hydrogens is 371 g/mol. The molecule has 0 aromatic carbocycles. The van der Waals surface area contributed by atoms with Crippen molar-refractivity contribution in [1.29, 1.82) is 0 Å². The second kappa shape index (κ2) is 8.32. The number of sulfonamides is 1. The van der Waals surface area contributed by atoms with Crippen LogP contribution in [0.5, 0.6) is 5.88 Å². The summed E-state index contributed by atoms with van der Waals surface area (Å²) < 4.78 is 67.6. The molecule has 0 spiro atoms. The van der Waals surface area contributed by atoms with Crippen molar-refractivity contribution in [2.24, 2.45) is 0 Å². The first kappa shape index (κ1) is 20.9. The highest BCUT2D eigenvalue weighted by atomic mass is 35.5. The van der Waals surface area contributed by atoms with E-state index in [-0.39, 0.29) is 35.3 Å². The van der Waals surface area contributed by atoms with Gasteiger partial charge in [0, 0.05) is 18.2 Å². The van der Waals surface area contributed by atoms with Gasteiger partial charge in [-0.15, -0.1) is 12.4 Å². The van der Waals surface area contributed by atoms with E-state index >= 15 is 0 Å². The molecule has 0 saturated carbocycles. The van der Waals surface area contributed by atoms with Crippen LogP contribution in [0.3, 0.4) is 0 Å². The molecule has 0 bridgehead atoms.